The first kappa shape index (κ1) is 10.5. The van der Waals surface area contributed by atoms with Crippen molar-refractivity contribution < 1.29 is 0 Å². The second kappa shape index (κ2) is 4.30. The van der Waals surface area contributed by atoms with Crippen LogP contribution in [-0.2, 0) is 0 Å². The van der Waals surface area contributed by atoms with E-state index < -0.39 is 0 Å². The topological polar surface area (TPSA) is 46.9 Å². The number of piperidine rings is 1. The highest BCUT2D eigenvalue weighted by atomic mass is 16.1. The number of nitrogens with zero attached hydrogens (tertiary/aromatic N) is 2. The summed E-state index contributed by atoms with van der Waals surface area (Å²) in [7, 11) is 0. The minimum absolute atomic E-state index is 0.129. The molecule has 4 heteroatoms. The van der Waals surface area contributed by atoms with Gasteiger partial charge in [0.2, 0.25) is 0 Å². The zero-order chi connectivity index (χ0) is 11.7. The number of para-hydroxylation sites is 1. The molecular formula is C13H15N3O. The SMILES string of the molecule is O=c1ncc2ccccc2n1C1CCNCC1. The molecule has 4 nitrogen and oxygen atoms in total. The smallest absolute Gasteiger partial charge is 0.317 e. The summed E-state index contributed by atoms with van der Waals surface area (Å²) in [6, 6.07) is 8.22. The van der Waals surface area contributed by atoms with Gasteiger partial charge in [0, 0.05) is 17.6 Å². The zero-order valence-electron chi connectivity index (χ0n) is 9.60. The maximum Gasteiger partial charge on any atom is 0.348 e. The molecule has 17 heavy (non-hydrogen) atoms. The Bertz CT molecular complexity index is 584. The summed E-state index contributed by atoms with van der Waals surface area (Å²) >= 11 is 0. The molecule has 0 amide bonds. The lowest BCUT2D eigenvalue weighted by atomic mass is 10.1. The number of hydrogen-bond donors (Lipinski definition) is 1. The first-order chi connectivity index (χ1) is 8.36. The molecule has 0 unspecified atom stereocenters. The molecule has 0 saturated carbocycles. The Labute approximate surface area is 99.3 Å². The van der Waals surface area contributed by atoms with Gasteiger partial charge in [-0.05, 0) is 32.0 Å². The van der Waals surface area contributed by atoms with Crippen LogP contribution in [0.1, 0.15) is 18.9 Å². The molecular weight excluding hydrogens is 214 g/mol. The van der Waals surface area contributed by atoms with Gasteiger partial charge >= 0.3 is 5.69 Å². The van der Waals surface area contributed by atoms with E-state index >= 15 is 0 Å². The Kier molecular flexibility index (Phi) is 2.65. The quantitative estimate of drug-likeness (QED) is 0.802. The predicted octanol–water partition coefficient (Wildman–Crippen LogP) is 1.32. The van der Waals surface area contributed by atoms with E-state index in [9.17, 15) is 4.79 Å². The zero-order valence-corrected chi connectivity index (χ0v) is 9.60. The number of nitrogens with one attached hydrogen (secondary N) is 1. The standard InChI is InChI=1S/C13H15N3O/c17-13-15-9-10-3-1-2-4-12(10)16(13)11-5-7-14-8-6-11/h1-4,9,11,14H,5-8H2. The summed E-state index contributed by atoms with van der Waals surface area (Å²) in [5.74, 6) is 0. The largest absolute Gasteiger partial charge is 0.348 e. The first-order valence-electron chi connectivity index (χ1n) is 6.03. The molecule has 1 aliphatic heterocycles. The molecule has 1 aromatic carbocycles. The van der Waals surface area contributed by atoms with Crippen molar-refractivity contribution in [3.8, 4) is 0 Å². The minimum Gasteiger partial charge on any atom is -0.317 e. The highest BCUT2D eigenvalue weighted by Gasteiger charge is 2.18. The fraction of sp³-hybridized carbons (Fsp3) is 0.385. The Morgan fingerprint density at radius 1 is 1.24 bits per heavy atom. The first-order valence-corrected chi connectivity index (χ1v) is 6.03. The molecule has 1 aliphatic rings. The molecule has 2 heterocycles. The van der Waals surface area contributed by atoms with Crippen LogP contribution in [-0.4, -0.2) is 22.6 Å². The van der Waals surface area contributed by atoms with Crippen LogP contribution in [0.25, 0.3) is 10.9 Å². The Balaban J connectivity index is 2.19. The van der Waals surface area contributed by atoms with Crippen LogP contribution in [0.5, 0.6) is 0 Å². The normalized spacial score (nSPS) is 17.4. The van der Waals surface area contributed by atoms with Crippen molar-refractivity contribution in [1.82, 2.24) is 14.9 Å². The molecule has 0 atom stereocenters. The Morgan fingerprint density at radius 2 is 2.00 bits per heavy atom. The van der Waals surface area contributed by atoms with Gasteiger partial charge in [0.1, 0.15) is 0 Å². The maximum atomic E-state index is 12.0. The van der Waals surface area contributed by atoms with Crippen LogP contribution in [0.3, 0.4) is 0 Å². The summed E-state index contributed by atoms with van der Waals surface area (Å²) in [5, 5.41) is 4.35. The highest BCUT2D eigenvalue weighted by molar-refractivity contribution is 5.77. The maximum absolute atomic E-state index is 12.0. The Morgan fingerprint density at radius 3 is 2.82 bits per heavy atom. The molecule has 0 radical (unpaired) electrons. The van der Waals surface area contributed by atoms with Crippen molar-refractivity contribution in [1.29, 1.82) is 0 Å². The molecule has 0 bridgehead atoms. The third kappa shape index (κ3) is 1.85. The van der Waals surface area contributed by atoms with Gasteiger partial charge in [-0.25, -0.2) is 9.78 Å². The van der Waals surface area contributed by atoms with Gasteiger partial charge in [0.25, 0.3) is 0 Å². The van der Waals surface area contributed by atoms with Gasteiger partial charge in [-0.1, -0.05) is 18.2 Å². The third-order valence-electron chi connectivity index (χ3n) is 3.39. The van der Waals surface area contributed by atoms with Crippen LogP contribution in [0.2, 0.25) is 0 Å². The van der Waals surface area contributed by atoms with Crippen LogP contribution in [0, 0.1) is 0 Å². The van der Waals surface area contributed by atoms with Gasteiger partial charge in [-0.2, -0.15) is 0 Å². The molecule has 1 N–H and O–H groups in total. The molecule has 1 aromatic heterocycles. The fourth-order valence-electron chi connectivity index (χ4n) is 2.52. The van der Waals surface area contributed by atoms with Gasteiger partial charge in [-0.3, -0.25) is 4.57 Å². The lowest BCUT2D eigenvalue weighted by molar-refractivity contribution is 0.365. The van der Waals surface area contributed by atoms with Crippen LogP contribution < -0.4 is 11.0 Å². The molecule has 1 saturated heterocycles. The number of benzene rings is 1. The van der Waals surface area contributed by atoms with E-state index in [-0.39, 0.29) is 11.7 Å². The summed E-state index contributed by atoms with van der Waals surface area (Å²) in [5.41, 5.74) is 0.870. The average Bonchev–Trinajstić information content (AvgIpc) is 2.39. The van der Waals surface area contributed by atoms with E-state index in [1.165, 1.54) is 0 Å². The molecule has 0 spiro atoms. The van der Waals surface area contributed by atoms with E-state index in [0.29, 0.717) is 0 Å². The third-order valence-corrected chi connectivity index (χ3v) is 3.39. The van der Waals surface area contributed by atoms with Gasteiger partial charge in [0.05, 0.1) is 5.52 Å². The van der Waals surface area contributed by atoms with Crippen molar-refractivity contribution in [2.45, 2.75) is 18.9 Å². The van der Waals surface area contributed by atoms with E-state index in [4.69, 9.17) is 0 Å². The predicted molar refractivity (Wildman–Crippen MR) is 67.1 cm³/mol. The lowest BCUT2D eigenvalue weighted by Gasteiger charge is -2.25. The summed E-state index contributed by atoms with van der Waals surface area (Å²) in [6.45, 7) is 1.95. The van der Waals surface area contributed by atoms with Crippen molar-refractivity contribution in [3.05, 3.63) is 40.9 Å². The molecule has 1 fully saturated rings. The van der Waals surface area contributed by atoms with Crippen LogP contribution >= 0.6 is 0 Å². The highest BCUT2D eigenvalue weighted by Crippen LogP contribution is 2.21. The van der Waals surface area contributed by atoms with Crippen LogP contribution in [0.15, 0.2) is 35.3 Å². The number of rotatable bonds is 1. The van der Waals surface area contributed by atoms with Crippen molar-refractivity contribution in [3.63, 3.8) is 0 Å². The van der Waals surface area contributed by atoms with E-state index in [2.05, 4.69) is 10.3 Å². The fourth-order valence-corrected chi connectivity index (χ4v) is 2.52. The van der Waals surface area contributed by atoms with Crippen molar-refractivity contribution in [2.75, 3.05) is 13.1 Å². The van der Waals surface area contributed by atoms with E-state index in [1.807, 2.05) is 28.8 Å². The van der Waals surface area contributed by atoms with Gasteiger partial charge < -0.3 is 5.32 Å². The second-order valence-electron chi connectivity index (χ2n) is 4.45. The number of hydrogen-bond acceptors (Lipinski definition) is 3. The lowest BCUT2D eigenvalue weighted by Crippen LogP contribution is -2.35. The van der Waals surface area contributed by atoms with Crippen molar-refractivity contribution in [2.24, 2.45) is 0 Å². The van der Waals surface area contributed by atoms with E-state index in [0.717, 1.165) is 36.8 Å². The Hall–Kier alpha value is -1.68. The summed E-state index contributed by atoms with van der Waals surface area (Å²) < 4.78 is 1.86. The average molecular weight is 229 g/mol. The molecule has 2 aromatic rings. The van der Waals surface area contributed by atoms with E-state index in [1.54, 1.807) is 6.20 Å². The summed E-state index contributed by atoms with van der Waals surface area (Å²) in [6.07, 6.45) is 3.65. The van der Waals surface area contributed by atoms with Gasteiger partial charge in [0.15, 0.2) is 0 Å². The monoisotopic (exact) mass is 229 g/mol. The second-order valence-corrected chi connectivity index (χ2v) is 4.45. The molecule has 88 valence electrons. The summed E-state index contributed by atoms with van der Waals surface area (Å²) in [4.78, 5) is 15.9. The number of aromatic nitrogens is 2. The molecule has 3 rings (SSSR count). The van der Waals surface area contributed by atoms with Crippen LogP contribution in [0.4, 0.5) is 0 Å². The van der Waals surface area contributed by atoms with Gasteiger partial charge in [-0.15, -0.1) is 0 Å². The molecule has 0 aliphatic carbocycles. The number of fused-ring (bicyclic) bond motifs is 1. The minimum atomic E-state index is -0.129. The van der Waals surface area contributed by atoms with Crippen molar-refractivity contribution >= 4 is 10.9 Å².